The molecule has 0 unspecified atom stereocenters. The highest BCUT2D eigenvalue weighted by Gasteiger charge is 2.23. The molecule has 0 atom stereocenters. The summed E-state index contributed by atoms with van der Waals surface area (Å²) in [5.41, 5.74) is -0.0746. The number of carbonyl (C=O) groups excluding carboxylic acids is 2. The summed E-state index contributed by atoms with van der Waals surface area (Å²) in [5, 5.41) is 0. The third-order valence-corrected chi connectivity index (χ3v) is 8.44. The molecule has 3 aromatic rings. The second-order valence-corrected chi connectivity index (χ2v) is 17.4. The summed E-state index contributed by atoms with van der Waals surface area (Å²) in [6.45, 7) is 13.4. The van der Waals surface area contributed by atoms with Crippen molar-refractivity contribution in [3.63, 3.8) is 0 Å². The first-order valence-electron chi connectivity index (χ1n) is 13.5. The van der Waals surface area contributed by atoms with Gasteiger partial charge in [-0.05, 0) is 33.7 Å². The van der Waals surface area contributed by atoms with E-state index in [1.54, 1.807) is 32.5 Å². The molecule has 4 rings (SSSR count). The van der Waals surface area contributed by atoms with E-state index in [0.29, 0.717) is 35.9 Å². The normalized spacial score (nSPS) is 12.6. The van der Waals surface area contributed by atoms with E-state index in [0.717, 1.165) is 20.9 Å². The number of rotatable bonds is 9. The minimum atomic E-state index is -1.20. The van der Waals surface area contributed by atoms with E-state index in [4.69, 9.17) is 4.74 Å². The van der Waals surface area contributed by atoms with Gasteiger partial charge in [-0.15, -0.1) is 0 Å². The lowest BCUT2D eigenvalue weighted by Crippen LogP contribution is -2.41. The van der Waals surface area contributed by atoms with Gasteiger partial charge in [0, 0.05) is 40.9 Å². The number of aliphatic imine (C=N–C) groups is 1. The topological polar surface area (TPSA) is 162 Å². The Kier molecular flexibility index (Phi) is 9.67. The Morgan fingerprint density at radius 1 is 0.857 bits per heavy atom. The van der Waals surface area contributed by atoms with Gasteiger partial charge >= 0.3 is 11.4 Å². The molecule has 1 aliphatic heterocycles. The van der Waals surface area contributed by atoms with Crippen LogP contribution in [-0.2, 0) is 54.7 Å². The van der Waals surface area contributed by atoms with Crippen LogP contribution in [0.3, 0.4) is 0 Å². The molecule has 0 amide bonds. The lowest BCUT2D eigenvalue weighted by molar-refractivity contribution is -0.118. The van der Waals surface area contributed by atoms with E-state index < -0.39 is 30.6 Å². The highest BCUT2D eigenvalue weighted by atomic mass is 28.3. The van der Waals surface area contributed by atoms with Crippen LogP contribution in [0.4, 0.5) is 5.82 Å². The first-order valence-corrected chi connectivity index (χ1v) is 17.3. The third kappa shape index (κ3) is 6.90. The van der Waals surface area contributed by atoms with Gasteiger partial charge in [0.2, 0.25) is 0 Å². The van der Waals surface area contributed by atoms with Gasteiger partial charge in [-0.1, -0.05) is 19.6 Å². The fourth-order valence-corrected chi connectivity index (χ4v) is 5.25. The Bertz CT molecular complexity index is 1830. The van der Waals surface area contributed by atoms with Crippen molar-refractivity contribution < 1.29 is 14.3 Å². The van der Waals surface area contributed by atoms with Crippen molar-refractivity contribution in [1.29, 1.82) is 0 Å². The monoisotopic (exact) mass is 601 g/mol. The van der Waals surface area contributed by atoms with Crippen molar-refractivity contribution in [3.8, 4) is 0 Å². The molecule has 0 radical (unpaired) electrons. The fourth-order valence-electron chi connectivity index (χ4n) is 4.49. The predicted molar refractivity (Wildman–Crippen MR) is 162 cm³/mol. The lowest BCUT2D eigenvalue weighted by Gasteiger charge is -2.16. The van der Waals surface area contributed by atoms with Crippen LogP contribution in [0.5, 0.6) is 0 Å². The summed E-state index contributed by atoms with van der Waals surface area (Å²) >= 11 is 0. The first-order chi connectivity index (χ1) is 19.4. The van der Waals surface area contributed by atoms with E-state index in [2.05, 4.69) is 29.6 Å². The van der Waals surface area contributed by atoms with E-state index >= 15 is 0 Å². The number of aromatic nitrogens is 6. The molecule has 0 aromatic carbocycles. The van der Waals surface area contributed by atoms with E-state index in [1.165, 1.54) is 23.0 Å². The van der Waals surface area contributed by atoms with Gasteiger partial charge in [-0.3, -0.25) is 42.0 Å². The predicted octanol–water partition coefficient (Wildman–Crippen LogP) is 0.891. The molecule has 0 saturated carbocycles. The number of ether oxygens (including phenoxy) is 1. The van der Waals surface area contributed by atoms with Crippen molar-refractivity contribution in [2.24, 2.45) is 19.1 Å². The fraction of sp³-hybridized carbons (Fsp3) is 0.556. The number of Topliss-reactive ketones (excluding diaryl/α,β-unsaturated/α-hetero) is 2. The zero-order valence-corrected chi connectivity index (χ0v) is 26.7. The van der Waals surface area contributed by atoms with Gasteiger partial charge in [0.15, 0.2) is 11.2 Å². The molecule has 0 aliphatic carbocycles. The molecule has 0 bridgehead atoms. The van der Waals surface area contributed by atoms with Gasteiger partial charge in [0.1, 0.15) is 29.9 Å². The van der Waals surface area contributed by atoms with Crippen LogP contribution in [0.2, 0.25) is 25.7 Å². The largest absolute Gasteiger partial charge is 0.361 e. The van der Waals surface area contributed by atoms with Gasteiger partial charge in [-0.25, -0.2) is 19.6 Å². The Morgan fingerprint density at radius 2 is 1.40 bits per heavy atom. The van der Waals surface area contributed by atoms with Gasteiger partial charge in [0.25, 0.3) is 11.1 Å². The molecule has 1 aliphatic rings. The quantitative estimate of drug-likeness (QED) is 0.258. The highest BCUT2D eigenvalue weighted by molar-refractivity contribution is 6.76. The zero-order valence-electron chi connectivity index (χ0n) is 25.7. The number of fused-ring (bicyclic) bond motifs is 2. The van der Waals surface area contributed by atoms with Crippen LogP contribution < -0.4 is 22.5 Å². The number of hydrogen-bond donors (Lipinski definition) is 0. The number of imidazole rings is 1. The number of ketones is 2. The Labute approximate surface area is 242 Å². The maximum atomic E-state index is 12.8. The maximum absolute atomic E-state index is 12.8. The number of carbonyl (C=O) groups is 2. The average Bonchev–Trinajstić information content (AvgIpc) is 3.44. The number of hydrogen-bond acceptors (Lipinski definition) is 9. The minimum Gasteiger partial charge on any atom is -0.361 e. The lowest BCUT2D eigenvalue weighted by atomic mass is 10.2. The SMILES string of the molecule is CC(=O)Cn1c(=O)c2c(n(C)c1=O)N=C(C)C2.CC(=O)Cn1c(=O)c2c(nc(C)n2COCC[Si](C)(C)C)n(C)c1=O. The smallest absolute Gasteiger partial charge is 0.332 e. The molecular weight excluding hydrogens is 562 g/mol. The second-order valence-electron chi connectivity index (χ2n) is 11.8. The molecule has 3 aromatic heterocycles. The van der Waals surface area contributed by atoms with Gasteiger partial charge < -0.3 is 4.74 Å². The van der Waals surface area contributed by atoms with E-state index in [9.17, 15) is 28.8 Å². The standard InChI is InChI=1S/C16H26N4O4Si.C11H13N3O3/c1-11(21)9-19-15(22)13-14(18(3)16(19)23)17-12(2)20(13)10-24-7-8-25(4,5)6;1-6-4-8-9(12-6)13(3)11(17)14(10(8)16)5-7(2)15/h7-10H2,1-6H3;4-5H2,1-3H3. The molecule has 14 nitrogen and oxygen atoms in total. The Morgan fingerprint density at radius 3 is 1.95 bits per heavy atom. The van der Waals surface area contributed by atoms with Crippen molar-refractivity contribution in [3.05, 3.63) is 53.1 Å². The summed E-state index contributed by atoms with van der Waals surface area (Å²) in [5.74, 6) is 0.528. The summed E-state index contributed by atoms with van der Waals surface area (Å²) < 4.78 is 11.9. The zero-order chi connectivity index (χ0) is 31.7. The molecule has 0 N–H and O–H groups in total. The van der Waals surface area contributed by atoms with Crippen molar-refractivity contribution in [2.45, 2.75) is 79.6 Å². The molecule has 0 saturated heterocycles. The van der Waals surface area contributed by atoms with Gasteiger partial charge in [0.05, 0.1) is 18.7 Å². The van der Waals surface area contributed by atoms with Gasteiger partial charge in [-0.2, -0.15) is 0 Å². The van der Waals surface area contributed by atoms with Crippen LogP contribution >= 0.6 is 0 Å². The van der Waals surface area contributed by atoms with Crippen molar-refractivity contribution in [2.75, 3.05) is 6.61 Å². The van der Waals surface area contributed by atoms with E-state index in [1.807, 2.05) is 0 Å². The molecule has 228 valence electrons. The summed E-state index contributed by atoms with van der Waals surface area (Å²) in [6, 6.07) is 1.02. The number of nitrogens with zero attached hydrogens (tertiary/aromatic N) is 7. The van der Waals surface area contributed by atoms with E-state index in [-0.39, 0.29) is 36.9 Å². The van der Waals surface area contributed by atoms with Crippen LogP contribution in [0.25, 0.3) is 11.2 Å². The van der Waals surface area contributed by atoms with Crippen LogP contribution in [0, 0.1) is 6.92 Å². The molecule has 4 heterocycles. The Hall–Kier alpha value is -3.98. The summed E-state index contributed by atoms with van der Waals surface area (Å²) in [7, 11) is 1.90. The third-order valence-electron chi connectivity index (χ3n) is 6.74. The van der Waals surface area contributed by atoms with Crippen LogP contribution in [-0.4, -0.2) is 59.8 Å². The first kappa shape index (κ1) is 32.5. The number of aryl methyl sites for hydroxylation is 2. The average molecular weight is 602 g/mol. The highest BCUT2D eigenvalue weighted by Crippen LogP contribution is 2.20. The van der Waals surface area contributed by atoms with Crippen molar-refractivity contribution in [1.82, 2.24) is 27.8 Å². The second kappa shape index (κ2) is 12.5. The maximum Gasteiger partial charge on any atom is 0.332 e. The summed E-state index contributed by atoms with van der Waals surface area (Å²) in [4.78, 5) is 80.0. The minimum absolute atomic E-state index is 0.183. The molecule has 42 heavy (non-hydrogen) atoms. The summed E-state index contributed by atoms with van der Waals surface area (Å²) in [6.07, 6.45) is 0.445. The molecule has 15 heteroatoms. The molecule has 0 spiro atoms. The molecule has 0 fully saturated rings. The van der Waals surface area contributed by atoms with Crippen LogP contribution in [0.1, 0.15) is 32.2 Å². The Balaban J connectivity index is 0.000000247. The van der Waals surface area contributed by atoms with Crippen LogP contribution in [0.15, 0.2) is 24.2 Å². The molecular formula is C27H39N7O7Si. The van der Waals surface area contributed by atoms with Crippen molar-refractivity contribution >= 4 is 42.3 Å².